The third kappa shape index (κ3) is 3.75. The van der Waals surface area contributed by atoms with Gasteiger partial charge in [-0.25, -0.2) is 0 Å². The van der Waals surface area contributed by atoms with Crippen molar-refractivity contribution in [3.63, 3.8) is 0 Å². The average Bonchev–Trinajstić information content (AvgIpc) is 2.93. The maximum absolute atomic E-state index is 13.3. The smallest absolute Gasteiger partial charge is 0.270 e. The predicted molar refractivity (Wildman–Crippen MR) is 115 cm³/mol. The van der Waals surface area contributed by atoms with Crippen LogP contribution in [0.4, 0.5) is 5.69 Å². The summed E-state index contributed by atoms with van der Waals surface area (Å²) in [7, 11) is 5.27. The molecule has 6 heteroatoms. The Bertz CT molecular complexity index is 1010. The number of ether oxygens (including phenoxy) is 2. The first kappa shape index (κ1) is 19.2. The molecular formula is C23H27N3O3. The molecule has 0 N–H and O–H groups in total. The van der Waals surface area contributed by atoms with Crippen molar-refractivity contribution in [1.29, 1.82) is 0 Å². The van der Waals surface area contributed by atoms with Crippen LogP contribution in [0.2, 0.25) is 0 Å². The molecule has 6 nitrogen and oxygen atoms in total. The van der Waals surface area contributed by atoms with Gasteiger partial charge in [-0.05, 0) is 48.9 Å². The highest BCUT2D eigenvalue weighted by Gasteiger charge is 2.23. The van der Waals surface area contributed by atoms with Crippen molar-refractivity contribution < 1.29 is 14.3 Å². The van der Waals surface area contributed by atoms with Gasteiger partial charge in [-0.2, -0.15) is 0 Å². The van der Waals surface area contributed by atoms with Crippen molar-refractivity contribution in [2.24, 2.45) is 7.05 Å². The fourth-order valence-electron chi connectivity index (χ4n) is 3.98. The number of nitrogens with zero attached hydrogens (tertiary/aromatic N) is 3. The number of carbonyl (C=O) groups is 1. The van der Waals surface area contributed by atoms with Crippen LogP contribution in [-0.2, 0) is 7.05 Å². The zero-order chi connectivity index (χ0) is 20.4. The molecule has 0 radical (unpaired) electrons. The van der Waals surface area contributed by atoms with Crippen LogP contribution >= 0.6 is 0 Å². The molecule has 0 bridgehead atoms. The van der Waals surface area contributed by atoms with Gasteiger partial charge in [0.15, 0.2) is 0 Å². The summed E-state index contributed by atoms with van der Waals surface area (Å²) >= 11 is 0. The zero-order valence-corrected chi connectivity index (χ0v) is 17.2. The molecule has 1 aliphatic rings. The van der Waals surface area contributed by atoms with Gasteiger partial charge in [-0.3, -0.25) is 4.79 Å². The summed E-state index contributed by atoms with van der Waals surface area (Å²) in [5.41, 5.74) is 2.88. The molecule has 152 valence electrons. The topological polar surface area (TPSA) is 46.9 Å². The van der Waals surface area contributed by atoms with Crippen molar-refractivity contribution in [1.82, 2.24) is 9.47 Å². The van der Waals surface area contributed by atoms with Crippen LogP contribution in [0.3, 0.4) is 0 Å². The average molecular weight is 393 g/mol. The summed E-state index contributed by atoms with van der Waals surface area (Å²) in [5, 5.41) is 1.05. The predicted octanol–water partition coefficient (Wildman–Crippen LogP) is 3.55. The third-order valence-corrected chi connectivity index (χ3v) is 5.69. The quantitative estimate of drug-likeness (QED) is 0.680. The van der Waals surface area contributed by atoms with Crippen LogP contribution in [0.25, 0.3) is 10.9 Å². The number of benzene rings is 2. The lowest BCUT2D eigenvalue weighted by molar-refractivity contribution is 0.0758. The molecule has 1 fully saturated rings. The van der Waals surface area contributed by atoms with Crippen molar-refractivity contribution in [2.45, 2.75) is 6.42 Å². The standard InChI is InChI=1S/C23H27N3O3/c1-24-21-16-20(29-3)8-5-17(21)15-22(24)23(27)26-12-4-11-25(13-14-26)18-6-9-19(28-2)10-7-18/h5-10,15-16H,4,11-14H2,1-3H3. The fraction of sp³-hybridized carbons (Fsp3) is 0.348. The number of methoxy groups -OCH3 is 2. The Morgan fingerprint density at radius 2 is 1.59 bits per heavy atom. The number of rotatable bonds is 4. The van der Waals surface area contributed by atoms with Gasteiger partial charge in [-0.15, -0.1) is 0 Å². The summed E-state index contributed by atoms with van der Waals surface area (Å²) in [5.74, 6) is 1.73. The first-order chi connectivity index (χ1) is 14.1. The highest BCUT2D eigenvalue weighted by atomic mass is 16.5. The van der Waals surface area contributed by atoms with Gasteiger partial charge in [-0.1, -0.05) is 0 Å². The van der Waals surface area contributed by atoms with E-state index in [9.17, 15) is 4.79 Å². The summed E-state index contributed by atoms with van der Waals surface area (Å²) < 4.78 is 12.5. The van der Waals surface area contributed by atoms with E-state index in [4.69, 9.17) is 9.47 Å². The van der Waals surface area contributed by atoms with Gasteiger partial charge in [0.05, 0.1) is 19.7 Å². The maximum atomic E-state index is 13.3. The van der Waals surface area contributed by atoms with Crippen LogP contribution in [0.1, 0.15) is 16.9 Å². The highest BCUT2D eigenvalue weighted by molar-refractivity contribution is 5.99. The van der Waals surface area contributed by atoms with Gasteiger partial charge in [0.25, 0.3) is 5.91 Å². The second kappa shape index (κ2) is 8.07. The fourth-order valence-corrected chi connectivity index (χ4v) is 3.98. The maximum Gasteiger partial charge on any atom is 0.270 e. The monoisotopic (exact) mass is 393 g/mol. The van der Waals surface area contributed by atoms with Crippen LogP contribution in [0, 0.1) is 0 Å². The molecule has 3 aromatic rings. The van der Waals surface area contributed by atoms with Crippen molar-refractivity contribution in [2.75, 3.05) is 45.3 Å². The number of fused-ring (bicyclic) bond motifs is 1. The summed E-state index contributed by atoms with van der Waals surface area (Å²) in [4.78, 5) is 17.6. The molecule has 4 rings (SSSR count). The lowest BCUT2D eigenvalue weighted by Crippen LogP contribution is -2.36. The van der Waals surface area contributed by atoms with Gasteiger partial charge >= 0.3 is 0 Å². The number of anilines is 1. The van der Waals surface area contributed by atoms with E-state index in [1.807, 2.05) is 52.9 Å². The molecule has 0 saturated carbocycles. The number of hydrogen-bond acceptors (Lipinski definition) is 4. The lowest BCUT2D eigenvalue weighted by Gasteiger charge is -2.24. The summed E-state index contributed by atoms with van der Waals surface area (Å²) in [6.45, 7) is 3.21. The molecule has 0 unspecified atom stereocenters. The lowest BCUT2D eigenvalue weighted by atomic mass is 10.2. The SMILES string of the molecule is COc1ccc(N2CCCN(C(=O)c3cc4ccc(OC)cc4n3C)CC2)cc1. The van der Waals surface area contributed by atoms with E-state index in [0.29, 0.717) is 12.2 Å². The Hall–Kier alpha value is -3.15. The molecule has 1 aromatic heterocycles. The van der Waals surface area contributed by atoms with Crippen LogP contribution < -0.4 is 14.4 Å². The van der Waals surface area contributed by atoms with E-state index in [2.05, 4.69) is 17.0 Å². The molecule has 2 heterocycles. The first-order valence-corrected chi connectivity index (χ1v) is 9.92. The molecule has 0 atom stereocenters. The molecule has 2 aromatic carbocycles. The van der Waals surface area contributed by atoms with E-state index in [0.717, 1.165) is 54.1 Å². The molecule has 1 amide bonds. The van der Waals surface area contributed by atoms with Crippen molar-refractivity contribution >= 4 is 22.5 Å². The molecular weight excluding hydrogens is 366 g/mol. The van der Waals surface area contributed by atoms with Gasteiger partial charge in [0, 0.05) is 50.4 Å². The van der Waals surface area contributed by atoms with Crippen LogP contribution in [-0.4, -0.2) is 55.8 Å². The number of aryl methyl sites for hydroxylation is 1. The summed E-state index contributed by atoms with van der Waals surface area (Å²) in [6, 6.07) is 16.0. The Labute approximate surface area is 171 Å². The highest BCUT2D eigenvalue weighted by Crippen LogP contribution is 2.25. The van der Waals surface area contributed by atoms with Gasteiger partial charge in [0.2, 0.25) is 0 Å². The second-order valence-corrected chi connectivity index (χ2v) is 7.34. The number of carbonyl (C=O) groups excluding carboxylic acids is 1. The minimum Gasteiger partial charge on any atom is -0.497 e. The molecule has 29 heavy (non-hydrogen) atoms. The molecule has 0 aliphatic carbocycles. The Morgan fingerprint density at radius 3 is 2.31 bits per heavy atom. The molecule has 1 aliphatic heterocycles. The Balaban J connectivity index is 1.51. The first-order valence-electron chi connectivity index (χ1n) is 9.92. The van der Waals surface area contributed by atoms with Gasteiger partial charge < -0.3 is 23.8 Å². The molecule has 1 saturated heterocycles. The molecule has 0 spiro atoms. The normalized spacial score (nSPS) is 14.7. The zero-order valence-electron chi connectivity index (χ0n) is 17.2. The minimum absolute atomic E-state index is 0.0826. The largest absolute Gasteiger partial charge is 0.497 e. The summed E-state index contributed by atoms with van der Waals surface area (Å²) in [6.07, 6.45) is 0.940. The second-order valence-electron chi connectivity index (χ2n) is 7.34. The Morgan fingerprint density at radius 1 is 0.862 bits per heavy atom. The van der Waals surface area contributed by atoms with E-state index in [-0.39, 0.29) is 5.91 Å². The number of aromatic nitrogens is 1. The van der Waals surface area contributed by atoms with Gasteiger partial charge in [0.1, 0.15) is 17.2 Å². The van der Waals surface area contributed by atoms with Crippen molar-refractivity contribution in [3.05, 3.63) is 54.2 Å². The number of hydrogen-bond donors (Lipinski definition) is 0. The third-order valence-electron chi connectivity index (χ3n) is 5.69. The van der Waals surface area contributed by atoms with E-state index >= 15 is 0 Å². The van der Waals surface area contributed by atoms with E-state index in [1.165, 1.54) is 0 Å². The Kier molecular flexibility index (Phi) is 5.34. The minimum atomic E-state index is 0.0826. The van der Waals surface area contributed by atoms with E-state index < -0.39 is 0 Å². The van der Waals surface area contributed by atoms with Crippen LogP contribution in [0.15, 0.2) is 48.5 Å². The van der Waals surface area contributed by atoms with Crippen molar-refractivity contribution in [3.8, 4) is 11.5 Å². The number of amides is 1. The van der Waals surface area contributed by atoms with E-state index in [1.54, 1.807) is 14.2 Å². The van der Waals surface area contributed by atoms with Crippen LogP contribution in [0.5, 0.6) is 11.5 Å².